The van der Waals surface area contributed by atoms with Gasteiger partial charge in [0.25, 0.3) is 5.91 Å². The second-order valence-electron chi connectivity index (χ2n) is 7.24. The van der Waals surface area contributed by atoms with E-state index in [1.54, 1.807) is 0 Å². The molecular formula is C24H20N4O. The summed E-state index contributed by atoms with van der Waals surface area (Å²) in [7, 11) is 0. The van der Waals surface area contributed by atoms with Gasteiger partial charge < -0.3 is 15.3 Å². The van der Waals surface area contributed by atoms with Gasteiger partial charge in [0.05, 0.1) is 16.7 Å². The molecule has 5 rings (SSSR count). The molecule has 0 unspecified atom stereocenters. The van der Waals surface area contributed by atoms with Gasteiger partial charge in [-0.25, -0.2) is 4.98 Å². The second kappa shape index (κ2) is 6.63. The molecule has 0 spiro atoms. The molecule has 3 N–H and O–H groups in total. The van der Waals surface area contributed by atoms with Crippen LogP contribution in [0.1, 0.15) is 21.6 Å². The first kappa shape index (κ1) is 17.3. The van der Waals surface area contributed by atoms with Gasteiger partial charge in [0.1, 0.15) is 5.82 Å². The summed E-state index contributed by atoms with van der Waals surface area (Å²) < 4.78 is 0. The van der Waals surface area contributed by atoms with E-state index in [4.69, 9.17) is 0 Å². The zero-order chi connectivity index (χ0) is 20.0. The number of anilines is 1. The number of rotatable bonds is 3. The Morgan fingerprint density at radius 2 is 1.69 bits per heavy atom. The average molecular weight is 380 g/mol. The zero-order valence-corrected chi connectivity index (χ0v) is 16.2. The normalized spacial score (nSPS) is 11.2. The molecule has 0 aliphatic rings. The molecule has 5 heteroatoms. The number of aromatic amines is 2. The number of H-pyrrole nitrogens is 2. The summed E-state index contributed by atoms with van der Waals surface area (Å²) in [6.07, 6.45) is 0. The number of imidazole rings is 1. The second-order valence-corrected chi connectivity index (χ2v) is 7.24. The van der Waals surface area contributed by atoms with E-state index < -0.39 is 0 Å². The predicted molar refractivity (Wildman–Crippen MR) is 117 cm³/mol. The maximum Gasteiger partial charge on any atom is 0.255 e. The molecule has 0 fully saturated rings. The summed E-state index contributed by atoms with van der Waals surface area (Å²) in [6.45, 7) is 4.10. The van der Waals surface area contributed by atoms with E-state index in [9.17, 15) is 4.79 Å². The fourth-order valence-corrected chi connectivity index (χ4v) is 3.68. The van der Waals surface area contributed by atoms with Gasteiger partial charge in [-0.2, -0.15) is 0 Å². The average Bonchev–Trinajstić information content (AvgIpc) is 3.29. The number of para-hydroxylation sites is 3. The van der Waals surface area contributed by atoms with Crippen LogP contribution in [0.4, 0.5) is 5.69 Å². The van der Waals surface area contributed by atoms with E-state index in [0.29, 0.717) is 5.56 Å². The van der Waals surface area contributed by atoms with Crippen LogP contribution in [-0.4, -0.2) is 20.9 Å². The Kier molecular flexibility index (Phi) is 3.95. The van der Waals surface area contributed by atoms with Crippen LogP contribution in [0.15, 0.2) is 66.7 Å². The topological polar surface area (TPSA) is 73.6 Å². The van der Waals surface area contributed by atoms with Gasteiger partial charge in [0.2, 0.25) is 0 Å². The largest absolute Gasteiger partial charge is 0.358 e. The molecule has 0 saturated carbocycles. The van der Waals surface area contributed by atoms with Crippen LogP contribution in [0, 0.1) is 13.8 Å². The molecule has 0 aliphatic heterocycles. The highest BCUT2D eigenvalue weighted by Crippen LogP contribution is 2.28. The standard InChI is InChI=1S/C24H20N4O/c1-14-15(2)25-20-12-11-16(13-18(14)20)24(29)28-19-8-4-3-7-17(19)23-26-21-9-5-6-10-22(21)27-23/h3-13,25H,1-2H3,(H,26,27)(H,28,29). The Morgan fingerprint density at radius 3 is 2.55 bits per heavy atom. The Morgan fingerprint density at radius 1 is 0.897 bits per heavy atom. The fourth-order valence-electron chi connectivity index (χ4n) is 3.68. The minimum absolute atomic E-state index is 0.145. The first-order chi connectivity index (χ1) is 14.1. The fraction of sp³-hybridized carbons (Fsp3) is 0.0833. The molecule has 0 aliphatic carbocycles. The van der Waals surface area contributed by atoms with E-state index in [2.05, 4.69) is 27.2 Å². The van der Waals surface area contributed by atoms with Gasteiger partial charge in [0.15, 0.2) is 0 Å². The van der Waals surface area contributed by atoms with Gasteiger partial charge in [-0.1, -0.05) is 24.3 Å². The van der Waals surface area contributed by atoms with Crippen molar-refractivity contribution in [1.82, 2.24) is 15.0 Å². The predicted octanol–water partition coefficient (Wildman–Crippen LogP) is 5.58. The lowest BCUT2D eigenvalue weighted by Crippen LogP contribution is -2.12. The lowest BCUT2D eigenvalue weighted by atomic mass is 10.1. The minimum Gasteiger partial charge on any atom is -0.358 e. The molecule has 0 saturated heterocycles. The summed E-state index contributed by atoms with van der Waals surface area (Å²) in [5.74, 6) is 0.586. The van der Waals surface area contributed by atoms with Crippen molar-refractivity contribution in [2.75, 3.05) is 5.32 Å². The minimum atomic E-state index is -0.145. The summed E-state index contributed by atoms with van der Waals surface area (Å²) >= 11 is 0. The molecular weight excluding hydrogens is 360 g/mol. The number of amides is 1. The number of nitrogens with one attached hydrogen (secondary N) is 3. The van der Waals surface area contributed by atoms with E-state index in [-0.39, 0.29) is 5.91 Å². The van der Waals surface area contributed by atoms with Crippen LogP contribution in [0.5, 0.6) is 0 Å². The van der Waals surface area contributed by atoms with E-state index >= 15 is 0 Å². The molecule has 29 heavy (non-hydrogen) atoms. The summed E-state index contributed by atoms with van der Waals surface area (Å²) in [6, 6.07) is 21.3. The van der Waals surface area contributed by atoms with Crippen molar-refractivity contribution in [3.8, 4) is 11.4 Å². The molecule has 0 atom stereocenters. The van der Waals surface area contributed by atoms with Gasteiger partial charge in [-0.05, 0) is 61.9 Å². The lowest BCUT2D eigenvalue weighted by molar-refractivity contribution is 0.102. The summed E-state index contributed by atoms with van der Waals surface area (Å²) in [4.78, 5) is 24.3. The Bertz CT molecular complexity index is 1340. The highest BCUT2D eigenvalue weighted by atomic mass is 16.1. The zero-order valence-electron chi connectivity index (χ0n) is 16.2. The Balaban J connectivity index is 1.51. The van der Waals surface area contributed by atoms with Gasteiger partial charge in [0, 0.05) is 27.7 Å². The molecule has 1 amide bonds. The van der Waals surface area contributed by atoms with Crippen molar-refractivity contribution < 1.29 is 4.79 Å². The van der Waals surface area contributed by atoms with Crippen molar-refractivity contribution in [2.24, 2.45) is 0 Å². The van der Waals surface area contributed by atoms with Crippen molar-refractivity contribution in [3.63, 3.8) is 0 Å². The van der Waals surface area contributed by atoms with E-state index in [1.165, 1.54) is 0 Å². The Hall–Kier alpha value is -3.86. The smallest absolute Gasteiger partial charge is 0.255 e. The molecule has 142 valence electrons. The first-order valence-electron chi connectivity index (χ1n) is 9.54. The van der Waals surface area contributed by atoms with Crippen LogP contribution >= 0.6 is 0 Å². The maximum atomic E-state index is 13.0. The van der Waals surface area contributed by atoms with Gasteiger partial charge >= 0.3 is 0 Å². The highest BCUT2D eigenvalue weighted by molar-refractivity contribution is 6.08. The number of hydrogen-bond acceptors (Lipinski definition) is 2. The number of nitrogens with zero attached hydrogens (tertiary/aromatic N) is 1. The number of carbonyl (C=O) groups is 1. The number of hydrogen-bond donors (Lipinski definition) is 3. The van der Waals surface area contributed by atoms with E-state index in [1.807, 2.05) is 73.7 Å². The number of aromatic nitrogens is 3. The maximum absolute atomic E-state index is 13.0. The monoisotopic (exact) mass is 380 g/mol. The summed E-state index contributed by atoms with van der Waals surface area (Å²) in [5, 5.41) is 4.12. The third-order valence-electron chi connectivity index (χ3n) is 5.39. The Labute approximate surface area is 167 Å². The summed E-state index contributed by atoms with van der Waals surface area (Å²) in [5.41, 5.74) is 7.38. The van der Waals surface area contributed by atoms with Crippen molar-refractivity contribution in [2.45, 2.75) is 13.8 Å². The van der Waals surface area contributed by atoms with Gasteiger partial charge in [-0.3, -0.25) is 4.79 Å². The van der Waals surface area contributed by atoms with Gasteiger partial charge in [-0.15, -0.1) is 0 Å². The molecule has 3 aromatic carbocycles. The highest BCUT2D eigenvalue weighted by Gasteiger charge is 2.14. The third kappa shape index (κ3) is 2.97. The van der Waals surface area contributed by atoms with E-state index in [0.717, 1.165) is 50.3 Å². The molecule has 2 heterocycles. The third-order valence-corrected chi connectivity index (χ3v) is 5.39. The van der Waals surface area contributed by atoms with Crippen LogP contribution in [-0.2, 0) is 0 Å². The lowest BCUT2D eigenvalue weighted by Gasteiger charge is -2.10. The van der Waals surface area contributed by atoms with Crippen LogP contribution in [0.3, 0.4) is 0 Å². The van der Waals surface area contributed by atoms with Crippen LogP contribution < -0.4 is 5.32 Å². The molecule has 2 aromatic heterocycles. The van der Waals surface area contributed by atoms with Crippen LogP contribution in [0.2, 0.25) is 0 Å². The molecule has 5 aromatic rings. The first-order valence-corrected chi connectivity index (χ1v) is 9.54. The molecule has 0 radical (unpaired) electrons. The number of fused-ring (bicyclic) bond motifs is 2. The van der Waals surface area contributed by atoms with Crippen molar-refractivity contribution in [3.05, 3.63) is 83.6 Å². The number of benzene rings is 3. The van der Waals surface area contributed by atoms with Crippen molar-refractivity contribution in [1.29, 1.82) is 0 Å². The molecule has 0 bridgehead atoms. The SMILES string of the molecule is Cc1[nH]c2ccc(C(=O)Nc3ccccc3-c3nc4ccccc4[nH]3)cc2c1C. The van der Waals surface area contributed by atoms with Crippen molar-refractivity contribution >= 4 is 33.5 Å². The number of aryl methyl sites for hydroxylation is 2. The van der Waals surface area contributed by atoms with Crippen LogP contribution in [0.25, 0.3) is 33.3 Å². The quantitative estimate of drug-likeness (QED) is 0.382. The molecule has 5 nitrogen and oxygen atoms in total. The number of carbonyl (C=O) groups excluding carboxylic acids is 1.